The second-order valence-electron chi connectivity index (χ2n) is 10.9. The highest BCUT2D eigenvalue weighted by atomic mass is 19.1. The lowest BCUT2D eigenvalue weighted by Crippen LogP contribution is -2.48. The maximum Gasteiger partial charge on any atom is 0.253 e. The normalized spacial score (nSPS) is 12.3. The predicted molar refractivity (Wildman–Crippen MR) is 168 cm³/mol. The lowest BCUT2D eigenvalue weighted by molar-refractivity contribution is 0.0755. The smallest absolute Gasteiger partial charge is 0.253 e. The molecule has 3 aromatic carbocycles. The number of ether oxygens (including phenoxy) is 1. The Balaban J connectivity index is 1.86. The third kappa shape index (κ3) is 9.62. The molecule has 10 heteroatoms. The summed E-state index contributed by atoms with van der Waals surface area (Å²) in [5.41, 5.74) is 7.95. The third-order valence-corrected chi connectivity index (χ3v) is 7.28. The number of aliphatic hydroxyl groups excluding tert-OH is 1. The molecule has 3 aromatic rings. The first kappa shape index (κ1) is 34.2. The molecule has 3 amide bonds. The van der Waals surface area contributed by atoms with E-state index in [0.717, 1.165) is 24.0 Å². The maximum absolute atomic E-state index is 14.0. The van der Waals surface area contributed by atoms with Crippen molar-refractivity contribution in [3.8, 4) is 5.75 Å². The average molecular weight is 607 g/mol. The van der Waals surface area contributed by atoms with E-state index in [1.165, 1.54) is 24.3 Å². The van der Waals surface area contributed by atoms with Crippen LogP contribution in [-0.4, -0.2) is 66.6 Å². The van der Waals surface area contributed by atoms with Crippen molar-refractivity contribution < 1.29 is 28.6 Å². The Morgan fingerprint density at radius 1 is 0.955 bits per heavy atom. The molecule has 0 radical (unpaired) electrons. The summed E-state index contributed by atoms with van der Waals surface area (Å²) >= 11 is 0. The number of amides is 3. The topological polar surface area (TPSA) is 134 Å². The number of primary amides is 1. The van der Waals surface area contributed by atoms with Crippen LogP contribution in [0.4, 0.5) is 4.39 Å². The van der Waals surface area contributed by atoms with E-state index in [4.69, 9.17) is 10.5 Å². The molecule has 0 heterocycles. The van der Waals surface area contributed by atoms with Crippen molar-refractivity contribution in [3.63, 3.8) is 0 Å². The summed E-state index contributed by atoms with van der Waals surface area (Å²) in [5, 5.41) is 17.3. The summed E-state index contributed by atoms with van der Waals surface area (Å²) in [6.45, 7) is 7.22. The van der Waals surface area contributed by atoms with Crippen LogP contribution in [0.3, 0.4) is 0 Å². The molecule has 0 aliphatic carbocycles. The highest BCUT2D eigenvalue weighted by Crippen LogP contribution is 2.17. The molecule has 44 heavy (non-hydrogen) atoms. The lowest BCUT2D eigenvalue weighted by Gasteiger charge is -2.26. The van der Waals surface area contributed by atoms with Crippen LogP contribution in [0.2, 0.25) is 0 Å². The first-order valence-electron chi connectivity index (χ1n) is 14.9. The van der Waals surface area contributed by atoms with E-state index in [1.807, 2.05) is 38.1 Å². The number of hydrogen-bond acceptors (Lipinski definition) is 6. The van der Waals surface area contributed by atoms with Gasteiger partial charge < -0.3 is 31.1 Å². The molecule has 0 spiro atoms. The molecule has 9 nitrogen and oxygen atoms in total. The van der Waals surface area contributed by atoms with Gasteiger partial charge in [0.2, 0.25) is 5.91 Å². The van der Waals surface area contributed by atoms with Crippen LogP contribution in [0.5, 0.6) is 5.75 Å². The Morgan fingerprint density at radius 3 is 2.27 bits per heavy atom. The van der Waals surface area contributed by atoms with E-state index < -0.39 is 24.0 Å². The van der Waals surface area contributed by atoms with Crippen LogP contribution in [0.25, 0.3) is 0 Å². The molecule has 0 aliphatic rings. The molecule has 0 bridgehead atoms. The fraction of sp³-hybridized carbons (Fsp3) is 0.382. The monoisotopic (exact) mass is 606 g/mol. The molecule has 3 rings (SSSR count). The van der Waals surface area contributed by atoms with Crippen LogP contribution < -0.4 is 21.1 Å². The Hall–Kier alpha value is -4.28. The quantitative estimate of drug-likeness (QED) is 0.195. The fourth-order valence-corrected chi connectivity index (χ4v) is 4.97. The summed E-state index contributed by atoms with van der Waals surface area (Å²) in [6, 6.07) is 15.5. The van der Waals surface area contributed by atoms with Crippen LogP contribution in [0, 0.1) is 12.7 Å². The van der Waals surface area contributed by atoms with Gasteiger partial charge in [0.1, 0.15) is 11.6 Å². The predicted octanol–water partition coefficient (Wildman–Crippen LogP) is 4.00. The molecular formula is C34H43FN4O5. The largest absolute Gasteiger partial charge is 0.497 e. The fourth-order valence-electron chi connectivity index (χ4n) is 4.97. The van der Waals surface area contributed by atoms with Gasteiger partial charge in [-0.2, -0.15) is 0 Å². The zero-order valence-electron chi connectivity index (χ0n) is 25.9. The van der Waals surface area contributed by atoms with E-state index in [2.05, 4.69) is 10.6 Å². The molecule has 0 saturated heterocycles. The van der Waals surface area contributed by atoms with Crippen molar-refractivity contribution in [2.24, 2.45) is 5.73 Å². The zero-order valence-corrected chi connectivity index (χ0v) is 25.9. The molecule has 236 valence electrons. The number of benzene rings is 3. The lowest BCUT2D eigenvalue weighted by atomic mass is 9.98. The van der Waals surface area contributed by atoms with E-state index in [1.54, 1.807) is 31.1 Å². The first-order valence-corrected chi connectivity index (χ1v) is 14.9. The van der Waals surface area contributed by atoms with Gasteiger partial charge in [0.25, 0.3) is 11.8 Å². The van der Waals surface area contributed by atoms with Gasteiger partial charge in [0.15, 0.2) is 0 Å². The minimum atomic E-state index is -1.04. The Morgan fingerprint density at radius 2 is 1.64 bits per heavy atom. The number of methoxy groups -OCH3 is 1. The Kier molecular flexibility index (Phi) is 12.9. The number of carbonyl (C=O) groups excluding carboxylic acids is 3. The molecule has 5 N–H and O–H groups in total. The van der Waals surface area contributed by atoms with Crippen molar-refractivity contribution in [1.82, 2.24) is 15.5 Å². The molecule has 0 saturated carbocycles. The summed E-state index contributed by atoms with van der Waals surface area (Å²) in [5.74, 6) is -1.30. The number of rotatable bonds is 16. The number of nitrogens with zero attached hydrogens (tertiary/aromatic N) is 1. The maximum atomic E-state index is 14.0. The van der Waals surface area contributed by atoms with Crippen molar-refractivity contribution in [2.45, 2.75) is 58.7 Å². The standard InChI is InChI=1S/C34H43FN4O5/c1-5-12-39(13-6-2)34(43)27-18-25(32(36)41)17-26(19-27)33(42)38-30(16-23-10-11-29(35)22(3)14-23)31(40)21-37-20-24-8-7-9-28(15-24)44-4/h7-11,14-15,17-19,30-31,37,40H,5-6,12-13,16,20-21H2,1-4H3,(H2,36,41)(H,38,42). The average Bonchev–Trinajstić information content (AvgIpc) is 3.01. The van der Waals surface area contributed by atoms with Crippen molar-refractivity contribution in [3.05, 3.63) is 99.9 Å². The first-order chi connectivity index (χ1) is 21.1. The number of carbonyl (C=O) groups is 3. The number of hydrogen-bond donors (Lipinski definition) is 4. The highest BCUT2D eigenvalue weighted by Gasteiger charge is 2.25. The zero-order chi connectivity index (χ0) is 32.2. The molecule has 2 atom stereocenters. The Bertz CT molecular complexity index is 1440. The number of aryl methyl sites for hydroxylation is 1. The van der Waals surface area contributed by atoms with Crippen molar-refractivity contribution in [2.75, 3.05) is 26.7 Å². The van der Waals surface area contributed by atoms with Gasteiger partial charge in [-0.05, 0) is 79.3 Å². The number of nitrogens with two attached hydrogens (primary N) is 1. The molecule has 2 unspecified atom stereocenters. The molecular weight excluding hydrogens is 563 g/mol. The summed E-state index contributed by atoms with van der Waals surface area (Å²) in [4.78, 5) is 40.8. The van der Waals surface area contributed by atoms with E-state index in [9.17, 15) is 23.9 Å². The number of nitrogens with one attached hydrogen (secondary N) is 2. The van der Waals surface area contributed by atoms with Gasteiger partial charge >= 0.3 is 0 Å². The van der Waals surface area contributed by atoms with Gasteiger partial charge in [-0.25, -0.2) is 4.39 Å². The van der Waals surface area contributed by atoms with Crippen LogP contribution in [0.15, 0.2) is 60.7 Å². The molecule has 0 aliphatic heterocycles. The van der Waals surface area contributed by atoms with Crippen LogP contribution in [-0.2, 0) is 13.0 Å². The molecule has 0 aromatic heterocycles. The minimum Gasteiger partial charge on any atom is -0.497 e. The summed E-state index contributed by atoms with van der Waals surface area (Å²) < 4.78 is 19.2. The summed E-state index contributed by atoms with van der Waals surface area (Å²) in [6.07, 6.45) is 0.669. The van der Waals surface area contributed by atoms with E-state index >= 15 is 0 Å². The summed E-state index contributed by atoms with van der Waals surface area (Å²) in [7, 11) is 1.59. The second-order valence-corrected chi connectivity index (χ2v) is 10.9. The van der Waals surface area contributed by atoms with Gasteiger partial charge in [0, 0.05) is 42.9 Å². The van der Waals surface area contributed by atoms with E-state index in [-0.39, 0.29) is 41.4 Å². The van der Waals surface area contributed by atoms with Gasteiger partial charge in [-0.15, -0.1) is 0 Å². The Labute approximate surface area is 258 Å². The molecule has 0 fully saturated rings. The van der Waals surface area contributed by atoms with Gasteiger partial charge in [0.05, 0.1) is 19.3 Å². The van der Waals surface area contributed by atoms with Crippen LogP contribution >= 0.6 is 0 Å². The highest BCUT2D eigenvalue weighted by molar-refractivity contribution is 6.04. The van der Waals surface area contributed by atoms with E-state index in [0.29, 0.717) is 30.9 Å². The third-order valence-electron chi connectivity index (χ3n) is 7.28. The SMILES string of the molecule is CCCN(CCC)C(=O)c1cc(C(N)=O)cc(C(=O)NC(Cc2ccc(F)c(C)c2)C(O)CNCc2cccc(OC)c2)c1. The van der Waals surface area contributed by atoms with Gasteiger partial charge in [-0.1, -0.05) is 38.1 Å². The minimum absolute atomic E-state index is 0.0279. The second kappa shape index (κ2) is 16.5. The van der Waals surface area contributed by atoms with Crippen molar-refractivity contribution >= 4 is 17.7 Å². The van der Waals surface area contributed by atoms with Crippen molar-refractivity contribution in [1.29, 1.82) is 0 Å². The number of halogens is 1. The van der Waals surface area contributed by atoms with Gasteiger partial charge in [-0.3, -0.25) is 14.4 Å². The number of aliphatic hydroxyl groups is 1. The van der Waals surface area contributed by atoms with Crippen LogP contribution in [0.1, 0.15) is 74.5 Å².